The van der Waals surface area contributed by atoms with Crippen molar-refractivity contribution in [2.45, 2.75) is 71.1 Å². The molecule has 0 spiro atoms. The van der Waals surface area contributed by atoms with E-state index in [0.717, 1.165) is 6.42 Å². The van der Waals surface area contributed by atoms with Gasteiger partial charge >= 0.3 is 0 Å². The number of hydrogen-bond acceptors (Lipinski definition) is 0. The van der Waals surface area contributed by atoms with Crippen LogP contribution in [0.5, 0.6) is 0 Å². The zero-order valence-corrected chi connectivity index (χ0v) is 10.6. The molecule has 0 rings (SSSR count). The van der Waals surface area contributed by atoms with E-state index in [9.17, 15) is 0 Å². The maximum atomic E-state index is 3.84. The van der Waals surface area contributed by atoms with Crippen LogP contribution >= 0.6 is 0 Å². The molecule has 84 valence electrons. The van der Waals surface area contributed by atoms with Gasteiger partial charge in [0.25, 0.3) is 0 Å². The van der Waals surface area contributed by atoms with Crippen molar-refractivity contribution >= 4 is 0 Å². The van der Waals surface area contributed by atoms with Crippen LogP contribution in [0.2, 0.25) is 0 Å². The molecule has 0 saturated heterocycles. The zero-order chi connectivity index (χ0) is 9.07. The van der Waals surface area contributed by atoms with Crippen LogP contribution in [-0.2, 0) is 20.4 Å². The second-order valence-corrected chi connectivity index (χ2v) is 3.68. The number of hydrogen-bond donors (Lipinski definition) is 0. The molecule has 0 fully saturated rings. The Labute approximate surface area is 98.5 Å². The Morgan fingerprint density at radius 2 is 1.08 bits per heavy atom. The number of unbranched alkanes of at least 4 members (excludes halogenated alkanes) is 9. The minimum absolute atomic E-state index is 0. The fourth-order valence-electron chi connectivity index (χ4n) is 1.49. The van der Waals surface area contributed by atoms with Crippen molar-refractivity contribution in [1.82, 2.24) is 0 Å². The van der Waals surface area contributed by atoms with Gasteiger partial charge in [-0.15, -0.1) is 0 Å². The quantitative estimate of drug-likeness (QED) is 0.324. The monoisotopic (exact) mass is 275 g/mol. The van der Waals surface area contributed by atoms with Crippen molar-refractivity contribution in [1.29, 1.82) is 0 Å². The van der Waals surface area contributed by atoms with Gasteiger partial charge < -0.3 is 6.92 Å². The summed E-state index contributed by atoms with van der Waals surface area (Å²) in [5, 5.41) is 0. The molecule has 0 N–H and O–H groups in total. The van der Waals surface area contributed by atoms with Gasteiger partial charge in [-0.05, 0) is 0 Å². The fraction of sp³-hybridized carbons (Fsp3) is 0.917. The fourth-order valence-corrected chi connectivity index (χ4v) is 1.49. The first-order valence-corrected chi connectivity index (χ1v) is 5.71. The van der Waals surface area contributed by atoms with Crippen molar-refractivity contribution in [3.63, 3.8) is 0 Å². The summed E-state index contributed by atoms with van der Waals surface area (Å²) in [6.07, 6.45) is 13.9. The molecule has 0 aromatic carbocycles. The molecular formula is C12H25Pd-. The van der Waals surface area contributed by atoms with Gasteiger partial charge in [0, 0.05) is 20.4 Å². The minimum Gasteiger partial charge on any atom is -0.343 e. The van der Waals surface area contributed by atoms with Gasteiger partial charge in [-0.1, -0.05) is 64.7 Å². The molecule has 0 heterocycles. The normalized spacial score (nSPS) is 9.69. The SMILES string of the molecule is [CH2-]CCCCCCCCCCC.[Pd]. The van der Waals surface area contributed by atoms with Gasteiger partial charge in [0.1, 0.15) is 0 Å². The smallest absolute Gasteiger partial charge is 0 e. The molecule has 0 aliphatic carbocycles. The van der Waals surface area contributed by atoms with Crippen LogP contribution in [-0.4, -0.2) is 0 Å². The third-order valence-electron chi connectivity index (χ3n) is 2.35. The molecule has 0 aromatic heterocycles. The Morgan fingerprint density at radius 1 is 0.692 bits per heavy atom. The second kappa shape index (κ2) is 15.1. The molecule has 0 aromatic rings. The van der Waals surface area contributed by atoms with E-state index >= 15 is 0 Å². The summed E-state index contributed by atoms with van der Waals surface area (Å²) in [7, 11) is 0. The van der Waals surface area contributed by atoms with E-state index in [4.69, 9.17) is 0 Å². The number of rotatable bonds is 9. The van der Waals surface area contributed by atoms with E-state index < -0.39 is 0 Å². The third-order valence-corrected chi connectivity index (χ3v) is 2.35. The van der Waals surface area contributed by atoms with Gasteiger partial charge in [-0.3, -0.25) is 0 Å². The van der Waals surface area contributed by atoms with Crippen LogP contribution in [0.1, 0.15) is 71.1 Å². The molecule has 0 amide bonds. The molecule has 0 unspecified atom stereocenters. The zero-order valence-electron chi connectivity index (χ0n) is 9.09. The summed E-state index contributed by atoms with van der Waals surface area (Å²) in [6.45, 7) is 6.12. The average molecular weight is 276 g/mol. The summed E-state index contributed by atoms with van der Waals surface area (Å²) in [5.41, 5.74) is 0. The average Bonchev–Trinajstić information content (AvgIpc) is 2.10. The maximum absolute atomic E-state index is 3.84. The van der Waals surface area contributed by atoms with Crippen LogP contribution in [0.15, 0.2) is 0 Å². The molecule has 0 atom stereocenters. The van der Waals surface area contributed by atoms with E-state index in [0.29, 0.717) is 0 Å². The van der Waals surface area contributed by atoms with E-state index in [1.54, 1.807) is 0 Å². The largest absolute Gasteiger partial charge is 0.343 e. The molecule has 0 aliphatic rings. The maximum Gasteiger partial charge on any atom is 0 e. The van der Waals surface area contributed by atoms with Crippen LogP contribution < -0.4 is 0 Å². The topological polar surface area (TPSA) is 0 Å². The van der Waals surface area contributed by atoms with Gasteiger partial charge in [0.2, 0.25) is 0 Å². The van der Waals surface area contributed by atoms with Crippen molar-refractivity contribution in [2.24, 2.45) is 0 Å². The molecule has 0 bridgehead atoms. The Hall–Kier alpha value is 0.662. The molecule has 0 radical (unpaired) electrons. The summed E-state index contributed by atoms with van der Waals surface area (Å²) >= 11 is 0. The predicted octanol–water partition coefficient (Wildman–Crippen LogP) is 4.74. The summed E-state index contributed by atoms with van der Waals surface area (Å²) in [6, 6.07) is 0. The van der Waals surface area contributed by atoms with Crippen molar-refractivity contribution < 1.29 is 20.4 Å². The molecule has 1 heteroatoms. The summed E-state index contributed by atoms with van der Waals surface area (Å²) < 4.78 is 0. The molecule has 13 heavy (non-hydrogen) atoms. The standard InChI is InChI=1S/C12H25.Pd/c1-3-5-7-9-11-12-10-8-6-4-2;/h1,3-12H2,2H3;/q-1;. The van der Waals surface area contributed by atoms with Gasteiger partial charge in [0.05, 0.1) is 0 Å². The van der Waals surface area contributed by atoms with E-state index in [-0.39, 0.29) is 20.4 Å². The summed E-state index contributed by atoms with van der Waals surface area (Å²) in [5.74, 6) is 0. The Kier molecular flexibility index (Phi) is 18.8. The third kappa shape index (κ3) is 15.4. The summed E-state index contributed by atoms with van der Waals surface area (Å²) in [4.78, 5) is 0. The Bertz CT molecular complexity index is 61.5. The Morgan fingerprint density at radius 3 is 1.46 bits per heavy atom. The van der Waals surface area contributed by atoms with Crippen molar-refractivity contribution in [3.8, 4) is 0 Å². The van der Waals surface area contributed by atoms with Crippen molar-refractivity contribution in [2.75, 3.05) is 0 Å². The molecule has 0 saturated carbocycles. The van der Waals surface area contributed by atoms with E-state index in [1.165, 1.54) is 57.8 Å². The molecule has 0 aliphatic heterocycles. The van der Waals surface area contributed by atoms with Crippen LogP contribution in [0.3, 0.4) is 0 Å². The Balaban J connectivity index is 0. The van der Waals surface area contributed by atoms with Gasteiger partial charge in [-0.25, -0.2) is 0 Å². The molecule has 0 nitrogen and oxygen atoms in total. The first kappa shape index (κ1) is 16.1. The first-order chi connectivity index (χ1) is 5.91. The first-order valence-electron chi connectivity index (χ1n) is 5.71. The minimum atomic E-state index is 0. The van der Waals surface area contributed by atoms with Gasteiger partial charge in [0.15, 0.2) is 0 Å². The van der Waals surface area contributed by atoms with Crippen molar-refractivity contribution in [3.05, 3.63) is 6.92 Å². The molecular weight excluding hydrogens is 251 g/mol. The van der Waals surface area contributed by atoms with Gasteiger partial charge in [-0.2, -0.15) is 6.42 Å². The van der Waals surface area contributed by atoms with E-state index in [1.807, 2.05) is 0 Å². The second-order valence-electron chi connectivity index (χ2n) is 3.68. The predicted molar refractivity (Wildman–Crippen MR) is 57.2 cm³/mol. The van der Waals surface area contributed by atoms with E-state index in [2.05, 4.69) is 13.8 Å². The van der Waals surface area contributed by atoms with Crippen LogP contribution in [0.4, 0.5) is 0 Å². The van der Waals surface area contributed by atoms with Crippen LogP contribution in [0, 0.1) is 6.92 Å². The van der Waals surface area contributed by atoms with Crippen LogP contribution in [0.25, 0.3) is 0 Å².